The lowest BCUT2D eigenvalue weighted by Crippen LogP contribution is -2.32. The lowest BCUT2D eigenvalue weighted by molar-refractivity contribution is 0.372. The van der Waals surface area contributed by atoms with E-state index in [-0.39, 0.29) is 5.54 Å². The summed E-state index contributed by atoms with van der Waals surface area (Å²) in [6, 6.07) is 0. The zero-order valence-corrected chi connectivity index (χ0v) is 6.34. The van der Waals surface area contributed by atoms with E-state index < -0.39 is 0 Å². The second-order valence-corrected chi connectivity index (χ2v) is 3.71. The Morgan fingerprint density at radius 3 is 2.60 bits per heavy atom. The Balaban J connectivity index is 1.99. The molecular weight excluding hydrogens is 122 g/mol. The van der Waals surface area contributed by atoms with Gasteiger partial charge in [0.25, 0.3) is 0 Å². The average molecular weight is 137 g/mol. The first kappa shape index (κ1) is 6.41. The molecule has 0 saturated heterocycles. The van der Waals surface area contributed by atoms with Gasteiger partial charge in [0.15, 0.2) is 0 Å². The van der Waals surface area contributed by atoms with Gasteiger partial charge in [0.05, 0.1) is 0 Å². The first-order valence-corrected chi connectivity index (χ1v) is 4.25. The van der Waals surface area contributed by atoms with Gasteiger partial charge in [-0.3, -0.25) is 0 Å². The summed E-state index contributed by atoms with van der Waals surface area (Å²) in [4.78, 5) is 0. The van der Waals surface area contributed by atoms with Crippen molar-refractivity contribution >= 4 is 0 Å². The first-order chi connectivity index (χ1) is 4.81. The van der Waals surface area contributed by atoms with Gasteiger partial charge in [-0.1, -0.05) is 12.2 Å². The van der Waals surface area contributed by atoms with Gasteiger partial charge in [0.1, 0.15) is 0 Å². The summed E-state index contributed by atoms with van der Waals surface area (Å²) >= 11 is 0. The highest BCUT2D eigenvalue weighted by Crippen LogP contribution is 2.44. The van der Waals surface area contributed by atoms with E-state index in [9.17, 15) is 0 Å². The predicted molar refractivity (Wildman–Crippen MR) is 42.6 cm³/mol. The molecule has 0 aromatic carbocycles. The number of nitrogens with two attached hydrogens (primary N) is 1. The molecule has 0 aliphatic heterocycles. The molecule has 10 heavy (non-hydrogen) atoms. The fourth-order valence-corrected chi connectivity index (χ4v) is 1.87. The van der Waals surface area contributed by atoms with Crippen molar-refractivity contribution < 1.29 is 0 Å². The molecule has 1 unspecified atom stereocenters. The highest BCUT2D eigenvalue weighted by Gasteiger charge is 2.44. The minimum Gasteiger partial charge on any atom is -0.325 e. The largest absolute Gasteiger partial charge is 0.325 e. The van der Waals surface area contributed by atoms with Crippen LogP contribution < -0.4 is 5.73 Å². The topological polar surface area (TPSA) is 26.0 Å². The summed E-state index contributed by atoms with van der Waals surface area (Å²) in [5, 5.41) is 0. The quantitative estimate of drug-likeness (QED) is 0.548. The Morgan fingerprint density at radius 1 is 1.30 bits per heavy atom. The van der Waals surface area contributed by atoms with E-state index in [1.165, 1.54) is 32.1 Å². The van der Waals surface area contributed by atoms with Crippen LogP contribution >= 0.6 is 0 Å². The maximum Gasteiger partial charge on any atom is 0.0187 e. The lowest BCUT2D eigenvalue weighted by Gasteiger charge is -2.23. The molecule has 0 radical (unpaired) electrons. The summed E-state index contributed by atoms with van der Waals surface area (Å²) in [7, 11) is 0. The number of hydrogen-bond donors (Lipinski definition) is 1. The molecule has 1 fully saturated rings. The highest BCUT2D eigenvalue weighted by atomic mass is 14.8. The Bertz CT molecular complexity index is 156. The van der Waals surface area contributed by atoms with E-state index in [1.54, 1.807) is 0 Å². The van der Waals surface area contributed by atoms with Crippen LogP contribution in [0.2, 0.25) is 0 Å². The van der Waals surface area contributed by atoms with Crippen LogP contribution in [0.25, 0.3) is 0 Å². The molecule has 1 nitrogen and oxygen atoms in total. The summed E-state index contributed by atoms with van der Waals surface area (Å²) in [6.45, 7) is 0. The average Bonchev–Trinajstić information content (AvgIpc) is 2.72. The number of allylic oxidation sites excluding steroid dienone is 2. The molecule has 0 bridgehead atoms. The van der Waals surface area contributed by atoms with Crippen molar-refractivity contribution in [3.63, 3.8) is 0 Å². The summed E-state index contributed by atoms with van der Waals surface area (Å²) < 4.78 is 0. The van der Waals surface area contributed by atoms with E-state index in [4.69, 9.17) is 5.73 Å². The van der Waals surface area contributed by atoms with Crippen LogP contribution in [0.15, 0.2) is 12.2 Å². The molecule has 0 aromatic rings. The zero-order chi connectivity index (χ0) is 7.03. The van der Waals surface area contributed by atoms with Crippen molar-refractivity contribution in [2.45, 2.75) is 37.6 Å². The summed E-state index contributed by atoms with van der Waals surface area (Å²) in [6.07, 6.45) is 10.9. The molecule has 2 aliphatic carbocycles. The van der Waals surface area contributed by atoms with Gasteiger partial charge in [0.2, 0.25) is 0 Å². The number of hydrogen-bond acceptors (Lipinski definition) is 1. The molecule has 2 rings (SSSR count). The highest BCUT2D eigenvalue weighted by molar-refractivity contribution is 5.08. The zero-order valence-electron chi connectivity index (χ0n) is 6.34. The van der Waals surface area contributed by atoms with Gasteiger partial charge in [-0.2, -0.15) is 0 Å². The molecule has 0 spiro atoms. The normalized spacial score (nSPS) is 35.9. The molecule has 2 aliphatic rings. The van der Waals surface area contributed by atoms with Crippen molar-refractivity contribution in [3.8, 4) is 0 Å². The Morgan fingerprint density at radius 2 is 2.10 bits per heavy atom. The van der Waals surface area contributed by atoms with E-state index in [1.807, 2.05) is 0 Å². The smallest absolute Gasteiger partial charge is 0.0187 e. The van der Waals surface area contributed by atoms with Crippen molar-refractivity contribution in [2.24, 2.45) is 11.7 Å². The molecule has 0 aromatic heterocycles. The van der Waals surface area contributed by atoms with Gasteiger partial charge in [-0.05, 0) is 38.0 Å². The fraction of sp³-hybridized carbons (Fsp3) is 0.778. The minimum atomic E-state index is 0.269. The van der Waals surface area contributed by atoms with E-state index >= 15 is 0 Å². The van der Waals surface area contributed by atoms with E-state index in [0.29, 0.717) is 0 Å². The molecule has 0 heterocycles. The van der Waals surface area contributed by atoms with Crippen molar-refractivity contribution in [3.05, 3.63) is 12.2 Å². The summed E-state index contributed by atoms with van der Waals surface area (Å²) in [5.41, 5.74) is 6.36. The van der Waals surface area contributed by atoms with E-state index in [2.05, 4.69) is 12.2 Å². The second kappa shape index (κ2) is 2.09. The SMILES string of the molecule is NC1(C2CC=CCC2)CC1. The first-order valence-electron chi connectivity index (χ1n) is 4.25. The molecule has 1 heteroatoms. The van der Waals surface area contributed by atoms with Crippen molar-refractivity contribution in [1.29, 1.82) is 0 Å². The van der Waals surface area contributed by atoms with E-state index in [0.717, 1.165) is 5.92 Å². The molecular formula is C9H15N. The maximum atomic E-state index is 6.09. The Labute approximate surface area is 62.3 Å². The monoisotopic (exact) mass is 137 g/mol. The number of rotatable bonds is 1. The van der Waals surface area contributed by atoms with Crippen LogP contribution in [0.1, 0.15) is 32.1 Å². The Hall–Kier alpha value is -0.300. The predicted octanol–water partition coefficient (Wildman–Crippen LogP) is 1.83. The molecule has 0 amide bonds. The third-order valence-electron chi connectivity index (χ3n) is 2.91. The molecule has 1 saturated carbocycles. The minimum absolute atomic E-state index is 0.269. The third-order valence-corrected chi connectivity index (χ3v) is 2.91. The van der Waals surface area contributed by atoms with Crippen LogP contribution in [0.4, 0.5) is 0 Å². The van der Waals surface area contributed by atoms with Gasteiger partial charge in [-0.25, -0.2) is 0 Å². The Kier molecular flexibility index (Phi) is 1.34. The molecule has 56 valence electrons. The molecule has 1 atom stereocenters. The van der Waals surface area contributed by atoms with Crippen molar-refractivity contribution in [1.82, 2.24) is 0 Å². The standard InChI is InChI=1S/C9H15N/c10-9(6-7-9)8-4-2-1-3-5-8/h1-2,8H,3-7,10H2. The second-order valence-electron chi connectivity index (χ2n) is 3.71. The van der Waals surface area contributed by atoms with Crippen LogP contribution in [-0.4, -0.2) is 5.54 Å². The van der Waals surface area contributed by atoms with Gasteiger partial charge in [0, 0.05) is 5.54 Å². The van der Waals surface area contributed by atoms with Gasteiger partial charge in [-0.15, -0.1) is 0 Å². The lowest BCUT2D eigenvalue weighted by atomic mass is 9.86. The van der Waals surface area contributed by atoms with Crippen molar-refractivity contribution in [2.75, 3.05) is 0 Å². The third kappa shape index (κ3) is 0.988. The summed E-state index contributed by atoms with van der Waals surface area (Å²) in [5.74, 6) is 0.803. The van der Waals surface area contributed by atoms with Crippen LogP contribution in [0.5, 0.6) is 0 Å². The van der Waals surface area contributed by atoms with Gasteiger partial charge < -0.3 is 5.73 Å². The van der Waals surface area contributed by atoms with Crippen LogP contribution in [0, 0.1) is 5.92 Å². The maximum absolute atomic E-state index is 6.09. The fourth-order valence-electron chi connectivity index (χ4n) is 1.87. The molecule has 2 N–H and O–H groups in total. The van der Waals surface area contributed by atoms with Crippen LogP contribution in [0.3, 0.4) is 0 Å². The van der Waals surface area contributed by atoms with Gasteiger partial charge >= 0.3 is 0 Å². The van der Waals surface area contributed by atoms with Crippen LogP contribution in [-0.2, 0) is 0 Å².